The van der Waals surface area contributed by atoms with Crippen LogP contribution in [-0.2, 0) is 6.54 Å². The van der Waals surface area contributed by atoms with Gasteiger partial charge in [0.15, 0.2) is 0 Å². The van der Waals surface area contributed by atoms with Crippen LogP contribution in [0.4, 0.5) is 0 Å². The highest BCUT2D eigenvalue weighted by Gasteiger charge is 1.94. The van der Waals surface area contributed by atoms with E-state index in [4.69, 9.17) is 0 Å². The lowest BCUT2D eigenvalue weighted by Gasteiger charge is -2.06. The van der Waals surface area contributed by atoms with Gasteiger partial charge in [0.05, 0.1) is 6.54 Å². The van der Waals surface area contributed by atoms with Crippen LogP contribution in [0.3, 0.4) is 0 Å². The highest BCUT2D eigenvalue weighted by Crippen LogP contribution is 2.04. The number of hydrogen-bond donors (Lipinski definition) is 1. The molecule has 0 aliphatic heterocycles. The molecule has 1 heterocycles. The first-order chi connectivity index (χ1) is 7.29. The van der Waals surface area contributed by atoms with Crippen molar-refractivity contribution in [3.63, 3.8) is 0 Å². The first-order valence-electron chi connectivity index (χ1n) is 5.97. The van der Waals surface area contributed by atoms with Crippen molar-refractivity contribution in [1.29, 1.82) is 0 Å². The lowest BCUT2D eigenvalue weighted by molar-refractivity contribution is 0.504. The van der Waals surface area contributed by atoms with E-state index in [1.165, 1.54) is 19.3 Å². The van der Waals surface area contributed by atoms with Gasteiger partial charge in [0.1, 0.15) is 0 Å². The molecule has 1 N–H and O–H groups in total. The van der Waals surface area contributed by atoms with Crippen LogP contribution in [0, 0.1) is 5.92 Å². The van der Waals surface area contributed by atoms with Gasteiger partial charge in [0.2, 0.25) is 0 Å². The van der Waals surface area contributed by atoms with Gasteiger partial charge in [-0.2, -0.15) is 5.10 Å². The summed E-state index contributed by atoms with van der Waals surface area (Å²) in [6.45, 7) is 7.69. The van der Waals surface area contributed by atoms with Crippen molar-refractivity contribution in [2.45, 2.75) is 39.7 Å². The summed E-state index contributed by atoms with van der Waals surface area (Å²) in [6.07, 6.45) is 7.80. The van der Waals surface area contributed by atoms with Crippen molar-refractivity contribution in [2.24, 2.45) is 5.92 Å². The summed E-state index contributed by atoms with van der Waals surface area (Å²) < 4.78 is 1.96. The van der Waals surface area contributed by atoms with Crippen LogP contribution in [0.2, 0.25) is 0 Å². The minimum atomic E-state index is 0.842. The second-order valence-corrected chi connectivity index (χ2v) is 4.41. The Morgan fingerprint density at radius 3 is 2.80 bits per heavy atom. The summed E-state index contributed by atoms with van der Waals surface area (Å²) >= 11 is 0. The normalized spacial score (nSPS) is 11.1. The van der Waals surface area contributed by atoms with Crippen molar-refractivity contribution < 1.29 is 0 Å². The van der Waals surface area contributed by atoms with E-state index in [0.29, 0.717) is 0 Å². The molecule has 0 bridgehead atoms. The summed E-state index contributed by atoms with van der Waals surface area (Å²) in [5.41, 5.74) is 0. The van der Waals surface area contributed by atoms with Crippen molar-refractivity contribution in [3.05, 3.63) is 18.5 Å². The third-order valence-corrected chi connectivity index (χ3v) is 2.46. The molecule has 0 radical (unpaired) electrons. The fraction of sp³-hybridized carbons (Fsp3) is 0.750. The predicted molar refractivity (Wildman–Crippen MR) is 63.8 cm³/mol. The number of aromatic nitrogens is 2. The molecule has 86 valence electrons. The van der Waals surface area contributed by atoms with E-state index in [1.807, 2.05) is 23.1 Å². The molecule has 15 heavy (non-hydrogen) atoms. The van der Waals surface area contributed by atoms with E-state index >= 15 is 0 Å². The molecule has 0 aliphatic carbocycles. The second kappa shape index (κ2) is 7.46. The summed E-state index contributed by atoms with van der Waals surface area (Å²) in [4.78, 5) is 0. The molecule has 0 saturated heterocycles. The SMILES string of the molecule is CC(C)CCCCNCCn1cccn1. The van der Waals surface area contributed by atoms with Crippen LogP contribution in [0.15, 0.2) is 18.5 Å². The smallest absolute Gasteiger partial charge is 0.0533 e. The molecule has 0 unspecified atom stereocenters. The van der Waals surface area contributed by atoms with Gasteiger partial charge in [0.25, 0.3) is 0 Å². The average Bonchev–Trinajstić information content (AvgIpc) is 2.68. The molecule has 1 rings (SSSR count). The Bertz CT molecular complexity index is 229. The Hall–Kier alpha value is -0.830. The lowest BCUT2D eigenvalue weighted by Crippen LogP contribution is -2.21. The first-order valence-corrected chi connectivity index (χ1v) is 5.97. The summed E-state index contributed by atoms with van der Waals surface area (Å²) in [6, 6.07) is 1.96. The average molecular weight is 209 g/mol. The zero-order chi connectivity index (χ0) is 10.9. The van der Waals surface area contributed by atoms with E-state index < -0.39 is 0 Å². The van der Waals surface area contributed by atoms with Gasteiger partial charge in [-0.05, 0) is 24.9 Å². The van der Waals surface area contributed by atoms with Crippen molar-refractivity contribution in [1.82, 2.24) is 15.1 Å². The quantitative estimate of drug-likeness (QED) is 0.666. The first kappa shape index (κ1) is 12.2. The number of unbranched alkanes of at least 4 members (excludes halogenated alkanes) is 1. The van der Waals surface area contributed by atoms with Crippen LogP contribution < -0.4 is 5.32 Å². The standard InChI is InChI=1S/C12H23N3/c1-12(2)6-3-4-7-13-9-11-15-10-5-8-14-15/h5,8,10,12-13H,3-4,6-7,9,11H2,1-2H3. The number of nitrogens with zero attached hydrogens (tertiary/aromatic N) is 2. The Labute approximate surface area is 92.9 Å². The number of nitrogens with one attached hydrogen (secondary N) is 1. The monoisotopic (exact) mass is 209 g/mol. The Kier molecular flexibility index (Phi) is 6.09. The summed E-state index contributed by atoms with van der Waals surface area (Å²) in [5, 5.41) is 7.59. The van der Waals surface area contributed by atoms with Crippen LogP contribution in [0.5, 0.6) is 0 Å². The zero-order valence-corrected chi connectivity index (χ0v) is 9.95. The summed E-state index contributed by atoms with van der Waals surface area (Å²) in [5.74, 6) is 0.842. The fourth-order valence-electron chi connectivity index (χ4n) is 1.55. The van der Waals surface area contributed by atoms with E-state index in [-0.39, 0.29) is 0 Å². The van der Waals surface area contributed by atoms with E-state index in [9.17, 15) is 0 Å². The molecule has 3 heteroatoms. The maximum absolute atomic E-state index is 4.15. The van der Waals surface area contributed by atoms with Gasteiger partial charge in [0, 0.05) is 18.9 Å². The topological polar surface area (TPSA) is 29.9 Å². The van der Waals surface area contributed by atoms with Crippen LogP contribution in [0.25, 0.3) is 0 Å². The molecule has 0 aliphatic rings. The van der Waals surface area contributed by atoms with E-state index in [0.717, 1.165) is 25.6 Å². The largest absolute Gasteiger partial charge is 0.315 e. The molecular weight excluding hydrogens is 186 g/mol. The van der Waals surface area contributed by atoms with Crippen molar-refractivity contribution in [2.75, 3.05) is 13.1 Å². The minimum Gasteiger partial charge on any atom is -0.315 e. The van der Waals surface area contributed by atoms with Gasteiger partial charge >= 0.3 is 0 Å². The molecule has 0 amide bonds. The maximum Gasteiger partial charge on any atom is 0.0533 e. The van der Waals surface area contributed by atoms with Gasteiger partial charge in [-0.25, -0.2) is 0 Å². The minimum absolute atomic E-state index is 0.842. The van der Waals surface area contributed by atoms with Gasteiger partial charge in [-0.15, -0.1) is 0 Å². The molecule has 0 aromatic carbocycles. The third-order valence-electron chi connectivity index (χ3n) is 2.46. The number of hydrogen-bond acceptors (Lipinski definition) is 2. The van der Waals surface area contributed by atoms with Gasteiger partial charge < -0.3 is 5.32 Å². The molecule has 1 aromatic rings. The van der Waals surface area contributed by atoms with E-state index in [2.05, 4.69) is 24.3 Å². The summed E-state index contributed by atoms with van der Waals surface area (Å²) in [7, 11) is 0. The maximum atomic E-state index is 4.15. The highest BCUT2D eigenvalue weighted by atomic mass is 15.3. The molecular formula is C12H23N3. The molecule has 0 atom stereocenters. The molecule has 3 nitrogen and oxygen atoms in total. The zero-order valence-electron chi connectivity index (χ0n) is 9.95. The fourth-order valence-corrected chi connectivity index (χ4v) is 1.55. The predicted octanol–water partition coefficient (Wildman–Crippen LogP) is 2.30. The Balaban J connectivity index is 1.85. The number of rotatable bonds is 8. The van der Waals surface area contributed by atoms with Crippen molar-refractivity contribution >= 4 is 0 Å². The third kappa shape index (κ3) is 6.28. The molecule has 0 spiro atoms. The van der Waals surface area contributed by atoms with E-state index in [1.54, 1.807) is 0 Å². The molecule has 0 fully saturated rings. The Morgan fingerprint density at radius 2 is 2.13 bits per heavy atom. The highest BCUT2D eigenvalue weighted by molar-refractivity contribution is 4.77. The second-order valence-electron chi connectivity index (χ2n) is 4.41. The van der Waals surface area contributed by atoms with Crippen LogP contribution in [-0.4, -0.2) is 22.9 Å². The molecule has 1 aromatic heterocycles. The van der Waals surface area contributed by atoms with Gasteiger partial charge in [-0.3, -0.25) is 4.68 Å². The lowest BCUT2D eigenvalue weighted by atomic mass is 10.1. The van der Waals surface area contributed by atoms with Crippen molar-refractivity contribution in [3.8, 4) is 0 Å². The van der Waals surface area contributed by atoms with Crippen LogP contribution >= 0.6 is 0 Å². The molecule has 0 saturated carbocycles. The Morgan fingerprint density at radius 1 is 1.27 bits per heavy atom. The van der Waals surface area contributed by atoms with Crippen LogP contribution in [0.1, 0.15) is 33.1 Å². The van der Waals surface area contributed by atoms with Gasteiger partial charge in [-0.1, -0.05) is 26.7 Å².